The van der Waals surface area contributed by atoms with Gasteiger partial charge in [0.25, 0.3) is 0 Å². The Morgan fingerprint density at radius 1 is 1.33 bits per heavy atom. The third-order valence-corrected chi connectivity index (χ3v) is 2.82. The van der Waals surface area contributed by atoms with Gasteiger partial charge in [-0.15, -0.1) is 0 Å². The fourth-order valence-electron chi connectivity index (χ4n) is 1.43. The summed E-state index contributed by atoms with van der Waals surface area (Å²) in [5.74, 6) is 0. The molecule has 0 atom stereocenters. The number of nitrogens with one attached hydrogen (secondary N) is 2. The van der Waals surface area contributed by atoms with Crippen LogP contribution in [0.2, 0.25) is 0 Å². The van der Waals surface area contributed by atoms with Crippen LogP contribution in [0.3, 0.4) is 0 Å². The highest BCUT2D eigenvalue weighted by Crippen LogP contribution is 2.14. The Labute approximate surface area is 88.4 Å². The molecule has 0 saturated heterocycles. The zero-order valence-electron chi connectivity index (χ0n) is 8.32. The Bertz CT molecular complexity index is 572. The number of benzene rings is 1. The van der Waals surface area contributed by atoms with Crippen molar-refractivity contribution in [1.29, 1.82) is 0 Å². The third kappa shape index (κ3) is 2.57. The van der Waals surface area contributed by atoms with Gasteiger partial charge in [0.05, 0.1) is 6.26 Å². The molecule has 0 aliphatic rings. The maximum atomic E-state index is 10.9. The molecule has 2 rings (SSSR count). The van der Waals surface area contributed by atoms with E-state index in [2.05, 4.69) is 9.71 Å². The summed E-state index contributed by atoms with van der Waals surface area (Å²) in [6, 6.07) is 7.76. The van der Waals surface area contributed by atoms with Crippen LogP contribution in [-0.4, -0.2) is 19.7 Å². The fraction of sp³-hybridized carbons (Fsp3) is 0.200. The van der Waals surface area contributed by atoms with Crippen LogP contribution < -0.4 is 4.72 Å². The lowest BCUT2D eigenvalue weighted by Crippen LogP contribution is -2.21. The second-order valence-electron chi connectivity index (χ2n) is 3.49. The first-order valence-electron chi connectivity index (χ1n) is 4.55. The van der Waals surface area contributed by atoms with Crippen molar-refractivity contribution in [3.8, 4) is 0 Å². The number of hydrogen-bond donors (Lipinski definition) is 2. The number of aromatic amines is 1. The number of fused-ring (bicyclic) bond motifs is 1. The highest BCUT2D eigenvalue weighted by molar-refractivity contribution is 7.88. The minimum atomic E-state index is -3.12. The smallest absolute Gasteiger partial charge is 0.209 e. The van der Waals surface area contributed by atoms with Crippen molar-refractivity contribution < 1.29 is 8.42 Å². The molecule has 0 fully saturated rings. The zero-order valence-corrected chi connectivity index (χ0v) is 9.14. The summed E-state index contributed by atoms with van der Waals surface area (Å²) < 4.78 is 24.3. The normalized spacial score (nSPS) is 12.1. The molecule has 1 aromatic carbocycles. The van der Waals surface area contributed by atoms with Gasteiger partial charge in [-0.2, -0.15) is 0 Å². The van der Waals surface area contributed by atoms with Crippen LogP contribution >= 0.6 is 0 Å². The molecule has 1 aromatic heterocycles. The molecule has 15 heavy (non-hydrogen) atoms. The largest absolute Gasteiger partial charge is 0.361 e. The van der Waals surface area contributed by atoms with E-state index in [0.29, 0.717) is 6.54 Å². The predicted molar refractivity (Wildman–Crippen MR) is 60.0 cm³/mol. The Kier molecular flexibility index (Phi) is 2.50. The number of aromatic nitrogens is 1. The standard InChI is InChI=1S/C10H12N2O2S/c1-15(13,14)12-7-8-2-3-10-9(6-8)4-5-11-10/h2-6,11-12H,7H2,1H3. The average molecular weight is 224 g/mol. The van der Waals surface area contributed by atoms with Gasteiger partial charge in [-0.25, -0.2) is 13.1 Å². The molecule has 2 aromatic rings. The van der Waals surface area contributed by atoms with E-state index in [0.717, 1.165) is 22.7 Å². The molecule has 1 heterocycles. The van der Waals surface area contributed by atoms with E-state index in [1.54, 1.807) is 0 Å². The first-order valence-corrected chi connectivity index (χ1v) is 6.44. The Hall–Kier alpha value is -1.33. The molecule has 2 N–H and O–H groups in total. The van der Waals surface area contributed by atoms with Gasteiger partial charge in [-0.1, -0.05) is 6.07 Å². The summed E-state index contributed by atoms with van der Waals surface area (Å²) in [5.41, 5.74) is 2.01. The van der Waals surface area contributed by atoms with E-state index in [9.17, 15) is 8.42 Å². The van der Waals surface area contributed by atoms with Crippen LogP contribution in [0.25, 0.3) is 10.9 Å². The molecule has 0 saturated carbocycles. The van der Waals surface area contributed by atoms with Gasteiger partial charge in [0, 0.05) is 18.3 Å². The summed E-state index contributed by atoms with van der Waals surface area (Å²) in [6.45, 7) is 0.333. The van der Waals surface area contributed by atoms with Gasteiger partial charge in [0.15, 0.2) is 0 Å². The van der Waals surface area contributed by atoms with E-state index in [4.69, 9.17) is 0 Å². The number of sulfonamides is 1. The molecule has 0 unspecified atom stereocenters. The first-order chi connectivity index (χ1) is 7.04. The van der Waals surface area contributed by atoms with E-state index in [1.807, 2.05) is 30.5 Å². The molecular weight excluding hydrogens is 212 g/mol. The Morgan fingerprint density at radius 3 is 2.87 bits per heavy atom. The highest BCUT2D eigenvalue weighted by atomic mass is 32.2. The van der Waals surface area contributed by atoms with Crippen LogP contribution in [0.1, 0.15) is 5.56 Å². The van der Waals surface area contributed by atoms with E-state index >= 15 is 0 Å². The number of rotatable bonds is 3. The molecule has 80 valence electrons. The molecule has 0 aliphatic carbocycles. The topological polar surface area (TPSA) is 62.0 Å². The van der Waals surface area contributed by atoms with Crippen molar-refractivity contribution >= 4 is 20.9 Å². The van der Waals surface area contributed by atoms with Crippen molar-refractivity contribution in [3.63, 3.8) is 0 Å². The van der Waals surface area contributed by atoms with Crippen LogP contribution in [0.5, 0.6) is 0 Å². The second kappa shape index (κ2) is 3.67. The van der Waals surface area contributed by atoms with Gasteiger partial charge >= 0.3 is 0 Å². The van der Waals surface area contributed by atoms with Crippen molar-refractivity contribution in [2.45, 2.75) is 6.54 Å². The summed E-state index contributed by atoms with van der Waals surface area (Å²) in [5, 5.41) is 1.09. The van der Waals surface area contributed by atoms with Crippen molar-refractivity contribution in [1.82, 2.24) is 9.71 Å². The lowest BCUT2D eigenvalue weighted by atomic mass is 10.1. The summed E-state index contributed by atoms with van der Waals surface area (Å²) in [6.07, 6.45) is 3.01. The van der Waals surface area contributed by atoms with Gasteiger partial charge in [0.2, 0.25) is 10.0 Å². The monoisotopic (exact) mass is 224 g/mol. The van der Waals surface area contributed by atoms with Gasteiger partial charge in [-0.05, 0) is 29.1 Å². The van der Waals surface area contributed by atoms with Gasteiger partial charge < -0.3 is 4.98 Å². The maximum Gasteiger partial charge on any atom is 0.209 e. The summed E-state index contributed by atoms with van der Waals surface area (Å²) >= 11 is 0. The van der Waals surface area contributed by atoms with E-state index in [1.165, 1.54) is 0 Å². The fourth-order valence-corrected chi connectivity index (χ4v) is 1.86. The lowest BCUT2D eigenvalue weighted by molar-refractivity contribution is 0.587. The third-order valence-electron chi connectivity index (χ3n) is 2.16. The number of hydrogen-bond acceptors (Lipinski definition) is 2. The van der Waals surface area contributed by atoms with Crippen LogP contribution in [0.4, 0.5) is 0 Å². The SMILES string of the molecule is CS(=O)(=O)NCc1ccc2[nH]ccc2c1. The van der Waals surface area contributed by atoms with Crippen molar-refractivity contribution in [2.24, 2.45) is 0 Å². The molecule has 4 nitrogen and oxygen atoms in total. The zero-order chi connectivity index (χ0) is 10.9. The summed E-state index contributed by atoms with van der Waals surface area (Å²) in [4.78, 5) is 3.08. The molecular formula is C10H12N2O2S. The van der Waals surface area contributed by atoms with Gasteiger partial charge in [0.1, 0.15) is 0 Å². The van der Waals surface area contributed by atoms with E-state index < -0.39 is 10.0 Å². The molecule has 0 amide bonds. The van der Waals surface area contributed by atoms with E-state index in [-0.39, 0.29) is 0 Å². The molecule has 5 heteroatoms. The molecule has 0 radical (unpaired) electrons. The van der Waals surface area contributed by atoms with Crippen molar-refractivity contribution in [2.75, 3.05) is 6.26 Å². The Morgan fingerprint density at radius 2 is 2.13 bits per heavy atom. The molecule has 0 aliphatic heterocycles. The Balaban J connectivity index is 2.21. The van der Waals surface area contributed by atoms with Crippen molar-refractivity contribution in [3.05, 3.63) is 36.0 Å². The quantitative estimate of drug-likeness (QED) is 0.823. The maximum absolute atomic E-state index is 10.9. The van der Waals surface area contributed by atoms with Crippen LogP contribution in [0, 0.1) is 0 Å². The average Bonchev–Trinajstić information content (AvgIpc) is 2.60. The number of H-pyrrole nitrogens is 1. The van der Waals surface area contributed by atoms with Crippen LogP contribution in [-0.2, 0) is 16.6 Å². The predicted octanol–water partition coefficient (Wildman–Crippen LogP) is 1.22. The minimum Gasteiger partial charge on any atom is -0.361 e. The van der Waals surface area contributed by atoms with Crippen LogP contribution in [0.15, 0.2) is 30.5 Å². The molecule has 0 bridgehead atoms. The van der Waals surface area contributed by atoms with Gasteiger partial charge in [-0.3, -0.25) is 0 Å². The minimum absolute atomic E-state index is 0.333. The second-order valence-corrected chi connectivity index (χ2v) is 5.33. The lowest BCUT2D eigenvalue weighted by Gasteiger charge is -2.02. The molecule has 0 spiro atoms. The highest BCUT2D eigenvalue weighted by Gasteiger charge is 2.01. The first kappa shape index (κ1) is 10.2. The summed E-state index contributed by atoms with van der Waals surface area (Å²) in [7, 11) is -3.12.